The van der Waals surface area contributed by atoms with Crippen LogP contribution < -0.4 is 32.7 Å². The summed E-state index contributed by atoms with van der Waals surface area (Å²) < 4.78 is 126. The number of nitrogens with two attached hydrogens (primary N) is 2. The quantitative estimate of drug-likeness (QED) is 0.0196. The molecule has 14 atom stereocenters. The number of benzene rings is 1. The molecule has 5 aromatic rings. The number of nitrogen functional groups attached to an aromatic ring is 2. The van der Waals surface area contributed by atoms with Crippen LogP contribution in [-0.2, 0) is 114 Å². The molecule has 2 aliphatic heterocycles. The summed E-state index contributed by atoms with van der Waals surface area (Å²) in [6, 6.07) is 8.25. The summed E-state index contributed by atoms with van der Waals surface area (Å²) in [6.45, 7) is 0.334. The summed E-state index contributed by atoms with van der Waals surface area (Å²) in [7, 11) is -33.2. The number of nitrogens with one attached hydrogen (secondary N) is 4. The molecule has 54 heteroatoms. The Kier molecular flexibility index (Phi) is 33.1. The number of hydrogen-bond acceptors (Lipinski definition) is 34. The zero-order valence-electron chi connectivity index (χ0n) is 65.5. The molecule has 2 saturated heterocycles. The van der Waals surface area contributed by atoms with Crippen molar-refractivity contribution >= 4 is 116 Å². The Balaban J connectivity index is 0.582. The maximum absolute atomic E-state index is 13.4. The van der Waals surface area contributed by atoms with Crippen molar-refractivity contribution in [3.63, 3.8) is 0 Å². The SMILES string of the molecule is CC(C)(COP(=O)(O)OP(=O)(O)OCC1OC(n2cnc3c(N)ncnc32)C(O)C1OP(=O)(O)O)C(O)C(=O)NCCC(=O)NCCC(=O)C1(CCCCCc2ccccc2CCCCCC2(C(=O)CCNC(=O)CCNC(=O)C(O)C(C)(C)COP(=O)(O)OP(=O)(O)OCC3OC(n4cnc5c(N)ncnc54)C(O)C3OP(=O)(O)O)CC2)CC1. The number of aromatic nitrogens is 8. The van der Waals surface area contributed by atoms with Crippen LogP contribution in [-0.4, -0.2) is 235 Å². The number of phosphoric ester groups is 6. The minimum atomic E-state index is -5.64. The van der Waals surface area contributed by atoms with Crippen molar-refractivity contribution in [2.24, 2.45) is 21.7 Å². The molecule has 2 aliphatic carbocycles. The van der Waals surface area contributed by atoms with E-state index in [9.17, 15) is 116 Å². The molecule has 670 valence electrons. The number of ketones is 2. The third-order valence-electron chi connectivity index (χ3n) is 20.7. The lowest BCUT2D eigenvalue weighted by Gasteiger charge is -2.30. The van der Waals surface area contributed by atoms with Gasteiger partial charge in [0, 0.05) is 73.5 Å². The highest BCUT2D eigenvalue weighted by atomic mass is 31.3. The predicted octanol–water partition coefficient (Wildman–Crippen LogP) is 2.21. The summed E-state index contributed by atoms with van der Waals surface area (Å²) in [5.74, 6) is -3.07. The molecule has 0 radical (unpaired) electrons. The van der Waals surface area contributed by atoms with E-state index in [2.05, 4.69) is 81.0 Å². The fourth-order valence-corrected chi connectivity index (χ4v) is 19.3. The van der Waals surface area contributed by atoms with Gasteiger partial charge in [0.05, 0.1) is 39.1 Å². The van der Waals surface area contributed by atoms with Gasteiger partial charge in [0.2, 0.25) is 23.6 Å². The molecule has 4 fully saturated rings. The van der Waals surface area contributed by atoms with Crippen LogP contribution in [0.15, 0.2) is 49.6 Å². The molecular weight excluding hydrogens is 1720 g/mol. The Morgan fingerprint density at radius 2 is 0.858 bits per heavy atom. The van der Waals surface area contributed by atoms with Crippen molar-refractivity contribution in [3.8, 4) is 0 Å². The number of fused-ring (bicyclic) bond motifs is 2. The first kappa shape index (κ1) is 97.4. The Morgan fingerprint density at radius 1 is 0.508 bits per heavy atom. The lowest BCUT2D eigenvalue weighted by molar-refractivity contribution is -0.137. The van der Waals surface area contributed by atoms with Crippen LogP contribution in [0.25, 0.3) is 22.3 Å². The summed E-state index contributed by atoms with van der Waals surface area (Å²) in [5.41, 5.74) is 10.0. The van der Waals surface area contributed by atoms with Gasteiger partial charge in [-0.2, -0.15) is 8.62 Å². The van der Waals surface area contributed by atoms with Crippen LogP contribution in [0.1, 0.15) is 154 Å². The molecule has 4 amide bonds. The molecule has 0 bridgehead atoms. The van der Waals surface area contributed by atoms with Crippen LogP contribution in [0.4, 0.5) is 11.6 Å². The van der Waals surface area contributed by atoms with Crippen LogP contribution >= 0.6 is 46.9 Å². The Bertz CT molecular complexity index is 4470. The number of rotatable bonds is 52. The zero-order valence-corrected chi connectivity index (χ0v) is 70.9. The van der Waals surface area contributed by atoms with Gasteiger partial charge in [-0.05, 0) is 75.3 Å². The fourth-order valence-electron chi connectivity index (χ4n) is 13.6. The number of aliphatic hydroxyl groups is 4. The standard InChI is InChI=1S/C66H102N14O34P6/c1-63(2,33-107-119(101,102)113-117(97,98)105-31-41-51(111-115(91,92)93)49(85)61(109-41)79-37-77-47-55(67)73-35-75-57(47)79)53(87)59(89)71-29-19-45(83)69-27-17-43(81)65(23-24-65)21-11-5-7-13-39-15-9-10-16-40(39)14-8-6-12-22-66(25-26-66)44(82)18-28-70-46(84)20-30-72-60(90)54(88)64(3,4)34-108-120(103,104)114-118(99,100)106-32-42-52(112-116(94,95)96)50(86)62(110-42)80-38-78-48-56(68)74-36-76-58(48)80/h9-10,15-16,35-38,41-42,49-54,61-62,85-88H,5-8,11-14,17-34H2,1-4H3,(H,69,83)(H,70,84)(H,71,89)(H,72,90)(H,97,98)(H,99,100)(H,101,102)(H,103,104)(H2,67,73,75)(H2,68,74,76)(H2,91,92,93)(H2,94,95,96). The first-order chi connectivity index (χ1) is 56.0. The number of nitrogens with zero attached hydrogens (tertiary/aromatic N) is 8. The first-order valence-electron chi connectivity index (χ1n) is 38.0. The van der Waals surface area contributed by atoms with Crippen LogP contribution in [0.5, 0.6) is 0 Å². The molecule has 14 unspecified atom stereocenters. The van der Waals surface area contributed by atoms with E-state index in [0.717, 1.165) is 124 Å². The normalized spacial score (nSPS) is 22.9. The lowest BCUT2D eigenvalue weighted by Crippen LogP contribution is -2.46. The third-order valence-corrected chi connectivity index (χ3v) is 26.9. The number of anilines is 2. The Morgan fingerprint density at radius 3 is 1.21 bits per heavy atom. The summed E-state index contributed by atoms with van der Waals surface area (Å²) in [6.07, 6.45) is -2.79. The smallest absolute Gasteiger partial charge is 0.386 e. The van der Waals surface area contributed by atoms with Crippen molar-refractivity contribution in [2.45, 2.75) is 205 Å². The van der Waals surface area contributed by atoms with Gasteiger partial charge in [0.1, 0.15) is 84.1 Å². The van der Waals surface area contributed by atoms with E-state index >= 15 is 0 Å². The van der Waals surface area contributed by atoms with Gasteiger partial charge in [-0.1, -0.05) is 77.6 Å². The molecule has 4 aromatic heterocycles. The second-order valence-electron chi connectivity index (χ2n) is 30.9. The third kappa shape index (κ3) is 27.6. The first-order valence-corrected chi connectivity index (χ1v) is 47.0. The van der Waals surface area contributed by atoms with Gasteiger partial charge in [0.15, 0.2) is 35.4 Å². The number of imidazole rings is 2. The topological polar surface area (TPSA) is 727 Å². The van der Waals surface area contributed by atoms with Gasteiger partial charge < -0.3 is 102 Å². The van der Waals surface area contributed by atoms with Gasteiger partial charge in [-0.3, -0.25) is 65.0 Å². The number of carbonyl (C=O) groups excluding carboxylic acids is 6. The molecule has 1 aromatic carbocycles. The molecule has 9 rings (SSSR count). The van der Waals surface area contributed by atoms with E-state index in [1.807, 2.05) is 12.1 Å². The number of amides is 4. The summed E-state index contributed by atoms with van der Waals surface area (Å²) in [5, 5.41) is 53.8. The maximum atomic E-state index is 13.4. The van der Waals surface area contributed by atoms with E-state index in [4.69, 9.17) is 39.0 Å². The number of ether oxygens (including phenoxy) is 2. The van der Waals surface area contributed by atoms with Crippen LogP contribution in [0.2, 0.25) is 0 Å². The lowest BCUT2D eigenvalue weighted by atomic mass is 9.87. The predicted molar refractivity (Wildman–Crippen MR) is 413 cm³/mol. The second-order valence-corrected chi connectivity index (χ2v) is 39.4. The molecule has 120 heavy (non-hydrogen) atoms. The van der Waals surface area contributed by atoms with E-state index in [0.29, 0.717) is 0 Å². The van der Waals surface area contributed by atoms with E-state index in [1.54, 1.807) is 0 Å². The van der Waals surface area contributed by atoms with E-state index < -0.39 is 180 Å². The number of hydrogen-bond donors (Lipinski definition) is 18. The molecule has 2 saturated carbocycles. The fraction of sp³-hybridized carbons (Fsp3) is 0.667. The Hall–Kier alpha value is -6.36. The molecular formula is C66H102N14O34P6. The van der Waals surface area contributed by atoms with Gasteiger partial charge in [0.25, 0.3) is 0 Å². The summed E-state index contributed by atoms with van der Waals surface area (Å²) >= 11 is 0. The minimum absolute atomic E-state index is 0.00665. The maximum Gasteiger partial charge on any atom is 0.481 e. The second kappa shape index (κ2) is 40.7. The number of phosphoric acid groups is 6. The molecule has 20 N–H and O–H groups in total. The molecule has 0 spiro atoms. The van der Waals surface area contributed by atoms with Crippen molar-refractivity contribution in [3.05, 3.63) is 60.7 Å². The average molecular weight is 1820 g/mol. The number of unbranched alkanes of at least 4 members (excludes halogenated alkanes) is 4. The van der Waals surface area contributed by atoms with Gasteiger partial charge in [-0.15, -0.1) is 0 Å². The average Bonchev–Trinajstić information content (AvgIpc) is 1.62. The minimum Gasteiger partial charge on any atom is -0.386 e. The van der Waals surface area contributed by atoms with Crippen molar-refractivity contribution in [1.82, 2.24) is 60.3 Å². The number of aliphatic hydroxyl groups excluding tert-OH is 4. The largest absolute Gasteiger partial charge is 0.481 e. The summed E-state index contributed by atoms with van der Waals surface area (Å²) in [4.78, 5) is 181. The van der Waals surface area contributed by atoms with Crippen molar-refractivity contribution in [1.29, 1.82) is 0 Å². The molecule has 48 nitrogen and oxygen atoms in total. The van der Waals surface area contributed by atoms with Crippen LogP contribution in [0, 0.1) is 21.7 Å². The van der Waals surface area contributed by atoms with Crippen molar-refractivity contribution < 1.29 is 161 Å². The van der Waals surface area contributed by atoms with Gasteiger partial charge >= 0.3 is 46.9 Å². The van der Waals surface area contributed by atoms with Gasteiger partial charge in [-0.25, -0.2) is 57.3 Å². The highest BCUT2D eigenvalue weighted by Gasteiger charge is 2.54. The number of carbonyl (C=O) groups is 6. The molecule has 4 aliphatic rings. The zero-order chi connectivity index (χ0) is 88.2. The number of aryl methyl sites for hydroxylation is 2. The highest BCUT2D eigenvalue weighted by Crippen LogP contribution is 2.63. The molecule has 6 heterocycles. The Labute approximate surface area is 685 Å². The van der Waals surface area contributed by atoms with Crippen LogP contribution in [0.3, 0.4) is 0 Å². The highest BCUT2D eigenvalue weighted by molar-refractivity contribution is 7.61. The van der Waals surface area contributed by atoms with E-state index in [1.165, 1.54) is 38.8 Å². The number of Topliss-reactive ketones (excluding diaryl/α,β-unsaturated/α-hetero) is 2. The van der Waals surface area contributed by atoms with Crippen molar-refractivity contribution in [2.75, 3.05) is 64.1 Å². The monoisotopic (exact) mass is 1820 g/mol. The van der Waals surface area contributed by atoms with E-state index in [-0.39, 0.29) is 97.4 Å².